The molecule has 0 fully saturated rings. The van der Waals surface area contributed by atoms with Crippen molar-refractivity contribution in [2.24, 2.45) is 5.92 Å². The molecular formula is C36H74O19. The van der Waals surface area contributed by atoms with Crippen LogP contribution in [-0.2, 0) is 75.8 Å². The van der Waals surface area contributed by atoms with E-state index in [-0.39, 0.29) is 32.3 Å². The molecule has 0 radical (unpaired) electrons. The van der Waals surface area contributed by atoms with E-state index in [9.17, 15) is 0 Å². The van der Waals surface area contributed by atoms with Crippen LogP contribution in [0.25, 0.3) is 0 Å². The Morgan fingerprint density at radius 1 is 0.182 bits per heavy atom. The summed E-state index contributed by atoms with van der Waals surface area (Å²) in [5.74, 6) is 0.0211. The molecule has 19 nitrogen and oxygen atoms in total. The van der Waals surface area contributed by atoms with Gasteiger partial charge in [0.15, 0.2) is 0 Å². The quantitative estimate of drug-likeness (QED) is 0.0620. The van der Waals surface area contributed by atoms with E-state index in [1.165, 1.54) is 0 Å². The Hall–Kier alpha value is -0.760. The van der Waals surface area contributed by atoms with Gasteiger partial charge in [0.2, 0.25) is 0 Å². The average molecular weight is 811 g/mol. The van der Waals surface area contributed by atoms with Crippen LogP contribution in [0.3, 0.4) is 0 Å². The maximum atomic E-state index is 8.83. The summed E-state index contributed by atoms with van der Waals surface area (Å²) >= 11 is 0. The summed E-state index contributed by atoms with van der Waals surface area (Å²) in [4.78, 5) is 0. The maximum absolute atomic E-state index is 8.83. The second kappa shape index (κ2) is 51.3. The van der Waals surface area contributed by atoms with Crippen LogP contribution in [0.15, 0.2) is 0 Å². The molecule has 3 N–H and O–H groups in total. The van der Waals surface area contributed by atoms with Crippen molar-refractivity contribution in [3.8, 4) is 0 Å². The molecule has 0 aromatic carbocycles. The number of aliphatic hydroxyl groups excluding tert-OH is 3. The highest BCUT2D eigenvalue weighted by atomic mass is 16.6. The fourth-order valence-electron chi connectivity index (χ4n) is 3.95. The Morgan fingerprint density at radius 3 is 0.455 bits per heavy atom. The van der Waals surface area contributed by atoms with Gasteiger partial charge in [-0.25, -0.2) is 0 Å². The van der Waals surface area contributed by atoms with Gasteiger partial charge in [-0.3, -0.25) is 0 Å². The van der Waals surface area contributed by atoms with Crippen LogP contribution in [0, 0.1) is 5.92 Å². The Labute approximate surface area is 328 Å². The molecule has 0 saturated heterocycles. The third-order valence-electron chi connectivity index (χ3n) is 6.60. The van der Waals surface area contributed by atoms with Crippen LogP contribution in [-0.4, -0.2) is 247 Å². The van der Waals surface area contributed by atoms with Gasteiger partial charge >= 0.3 is 0 Å². The first kappa shape index (κ1) is 54.2. The summed E-state index contributed by atoms with van der Waals surface area (Å²) in [6.45, 7) is 14.3. The lowest BCUT2D eigenvalue weighted by atomic mass is 10.2. The van der Waals surface area contributed by atoms with E-state index < -0.39 is 0 Å². The monoisotopic (exact) mass is 810 g/mol. The number of aliphatic hydroxyl groups is 3. The average Bonchev–Trinajstić information content (AvgIpc) is 3.20. The van der Waals surface area contributed by atoms with Gasteiger partial charge in [-0.2, -0.15) is 0 Å². The molecule has 0 bridgehead atoms. The largest absolute Gasteiger partial charge is 0.394 e. The van der Waals surface area contributed by atoms with Gasteiger partial charge in [0.1, 0.15) is 0 Å². The highest BCUT2D eigenvalue weighted by Crippen LogP contribution is 2.01. The van der Waals surface area contributed by atoms with E-state index >= 15 is 0 Å². The molecule has 0 amide bonds. The van der Waals surface area contributed by atoms with Crippen molar-refractivity contribution in [2.75, 3.05) is 231 Å². The van der Waals surface area contributed by atoms with Gasteiger partial charge in [0.05, 0.1) is 231 Å². The molecule has 55 heavy (non-hydrogen) atoms. The summed E-state index contributed by atoms with van der Waals surface area (Å²) < 4.78 is 87.4. The van der Waals surface area contributed by atoms with Gasteiger partial charge in [-0.15, -0.1) is 0 Å². The van der Waals surface area contributed by atoms with E-state index in [0.29, 0.717) is 205 Å². The van der Waals surface area contributed by atoms with E-state index in [1.54, 1.807) is 0 Å². The Morgan fingerprint density at radius 2 is 0.309 bits per heavy atom. The molecular weight excluding hydrogens is 736 g/mol. The molecule has 0 aliphatic heterocycles. The molecule has 0 atom stereocenters. The van der Waals surface area contributed by atoms with Gasteiger partial charge in [-0.1, -0.05) is 0 Å². The third-order valence-corrected chi connectivity index (χ3v) is 6.60. The van der Waals surface area contributed by atoms with Crippen molar-refractivity contribution in [3.63, 3.8) is 0 Å². The lowest BCUT2D eigenvalue weighted by Gasteiger charge is -2.18. The van der Waals surface area contributed by atoms with Crippen molar-refractivity contribution >= 4 is 0 Å². The first-order valence-corrected chi connectivity index (χ1v) is 19.4. The predicted octanol–water partition coefficient (Wildman–Crippen LogP) is -1.15. The van der Waals surface area contributed by atoms with Crippen molar-refractivity contribution in [1.29, 1.82) is 0 Å². The highest BCUT2D eigenvalue weighted by Gasteiger charge is 2.11. The van der Waals surface area contributed by atoms with Crippen LogP contribution in [0.1, 0.15) is 0 Å². The SMILES string of the molecule is OCCOCCOCCOCCOCCOCCOCCOCC(COCCOCCO)COCCOCCOCCOCCOCCOCCOCCO. The Kier molecular flexibility index (Phi) is 50.6. The van der Waals surface area contributed by atoms with Crippen LogP contribution in [0.2, 0.25) is 0 Å². The summed E-state index contributed by atoms with van der Waals surface area (Å²) in [7, 11) is 0. The first-order chi connectivity index (χ1) is 27.3. The lowest BCUT2D eigenvalue weighted by Crippen LogP contribution is -2.25. The number of hydrogen-bond donors (Lipinski definition) is 3. The van der Waals surface area contributed by atoms with E-state index in [4.69, 9.17) is 91.1 Å². The summed E-state index contributed by atoms with van der Waals surface area (Å²) in [5.41, 5.74) is 0. The topological polar surface area (TPSA) is 208 Å². The molecule has 332 valence electrons. The molecule has 19 heteroatoms. The first-order valence-electron chi connectivity index (χ1n) is 19.4. The zero-order valence-electron chi connectivity index (χ0n) is 33.2. The molecule has 0 unspecified atom stereocenters. The molecule has 0 aromatic heterocycles. The van der Waals surface area contributed by atoms with Crippen LogP contribution >= 0.6 is 0 Å². The zero-order chi connectivity index (χ0) is 39.6. The Bertz CT molecular complexity index is 627. The van der Waals surface area contributed by atoms with Crippen LogP contribution < -0.4 is 0 Å². The summed E-state index contributed by atoms with van der Waals surface area (Å²) in [5, 5.41) is 26.1. The molecule has 0 rings (SSSR count). The molecule has 0 aromatic rings. The van der Waals surface area contributed by atoms with E-state index in [2.05, 4.69) is 0 Å². The second-order valence-corrected chi connectivity index (χ2v) is 11.2. The normalized spacial score (nSPS) is 11.8. The third kappa shape index (κ3) is 49.3. The molecule has 0 aliphatic carbocycles. The number of hydrogen-bond acceptors (Lipinski definition) is 19. The second-order valence-electron chi connectivity index (χ2n) is 11.2. The van der Waals surface area contributed by atoms with Crippen molar-refractivity contribution in [1.82, 2.24) is 0 Å². The Balaban J connectivity index is 3.65. The fourth-order valence-corrected chi connectivity index (χ4v) is 3.95. The maximum Gasteiger partial charge on any atom is 0.0701 e. The van der Waals surface area contributed by atoms with Crippen LogP contribution in [0.4, 0.5) is 0 Å². The van der Waals surface area contributed by atoms with Crippen LogP contribution in [0.5, 0.6) is 0 Å². The minimum Gasteiger partial charge on any atom is -0.394 e. The van der Waals surface area contributed by atoms with E-state index in [1.807, 2.05) is 0 Å². The predicted molar refractivity (Wildman–Crippen MR) is 198 cm³/mol. The van der Waals surface area contributed by atoms with Crippen molar-refractivity contribution in [2.45, 2.75) is 0 Å². The number of rotatable bonds is 51. The molecule has 0 aliphatic rings. The van der Waals surface area contributed by atoms with E-state index in [0.717, 1.165) is 0 Å². The van der Waals surface area contributed by atoms with Crippen molar-refractivity contribution < 1.29 is 91.1 Å². The molecule has 0 heterocycles. The smallest absolute Gasteiger partial charge is 0.0701 e. The fraction of sp³-hybridized carbons (Fsp3) is 1.00. The summed E-state index contributed by atoms with van der Waals surface area (Å²) in [6, 6.07) is 0. The van der Waals surface area contributed by atoms with Gasteiger partial charge < -0.3 is 91.1 Å². The number of ether oxygens (including phenoxy) is 16. The van der Waals surface area contributed by atoms with Gasteiger partial charge in [0.25, 0.3) is 0 Å². The minimum atomic E-state index is -0.0197. The zero-order valence-corrected chi connectivity index (χ0v) is 33.2. The lowest BCUT2D eigenvalue weighted by molar-refractivity contribution is -0.0461. The summed E-state index contributed by atoms with van der Waals surface area (Å²) in [6.07, 6.45) is 0. The van der Waals surface area contributed by atoms with Gasteiger partial charge in [0, 0.05) is 5.92 Å². The minimum absolute atomic E-state index is 0.0134. The molecule has 0 spiro atoms. The highest BCUT2D eigenvalue weighted by molar-refractivity contribution is 4.57. The van der Waals surface area contributed by atoms with Gasteiger partial charge in [-0.05, 0) is 0 Å². The van der Waals surface area contributed by atoms with Crippen molar-refractivity contribution in [3.05, 3.63) is 0 Å². The molecule has 0 saturated carbocycles. The standard InChI is InChI=1S/C36H74O19/c37-1-4-40-7-9-43-11-13-45-15-17-47-19-21-49-23-25-51-28-31-54-34-36(33-53-30-27-42-6-3-39)35-55-32-29-52-26-24-50-22-20-48-18-16-46-14-12-44-10-8-41-5-2-38/h36-39H,1-35H2.